The summed E-state index contributed by atoms with van der Waals surface area (Å²) in [6.07, 6.45) is 0. The van der Waals surface area contributed by atoms with Gasteiger partial charge in [-0.2, -0.15) is 5.26 Å². The van der Waals surface area contributed by atoms with Crippen LogP contribution in [-0.2, 0) is 6.61 Å². The third-order valence-corrected chi connectivity index (χ3v) is 3.71. The molecule has 0 aliphatic heterocycles. The molecular formula is C10H6BrNOS. The highest BCUT2D eigenvalue weighted by Crippen LogP contribution is 2.32. The smallest absolute Gasteiger partial charge is 0.101 e. The molecule has 1 heterocycles. The van der Waals surface area contributed by atoms with Crippen LogP contribution in [-0.4, -0.2) is 5.11 Å². The molecule has 0 fully saturated rings. The third-order valence-electron chi connectivity index (χ3n) is 2.05. The minimum absolute atomic E-state index is 0.0227. The van der Waals surface area contributed by atoms with Crippen molar-refractivity contribution in [2.75, 3.05) is 0 Å². The second kappa shape index (κ2) is 3.70. The Morgan fingerprint density at radius 1 is 1.50 bits per heavy atom. The fourth-order valence-electron chi connectivity index (χ4n) is 1.39. The maximum Gasteiger partial charge on any atom is 0.101 e. The SMILES string of the molecule is N#Cc1c(Br)ccc2scc(CO)c12. The Balaban J connectivity index is 2.90. The lowest BCUT2D eigenvalue weighted by Gasteiger charge is -1.99. The number of aliphatic hydroxyl groups excluding tert-OH is 1. The Kier molecular flexibility index (Phi) is 2.55. The zero-order chi connectivity index (χ0) is 10.1. The van der Waals surface area contributed by atoms with Gasteiger partial charge in [0.1, 0.15) is 6.07 Å². The number of rotatable bonds is 1. The fraction of sp³-hybridized carbons (Fsp3) is 0.100. The van der Waals surface area contributed by atoms with Crippen LogP contribution in [0.5, 0.6) is 0 Å². The molecule has 2 nitrogen and oxygen atoms in total. The Morgan fingerprint density at radius 2 is 2.29 bits per heavy atom. The van der Waals surface area contributed by atoms with Crippen molar-refractivity contribution in [3.63, 3.8) is 0 Å². The number of hydrogen-bond donors (Lipinski definition) is 1. The van der Waals surface area contributed by atoms with Gasteiger partial charge in [0.05, 0.1) is 12.2 Å². The second-order valence-corrected chi connectivity index (χ2v) is 4.59. The Hall–Kier alpha value is -0.890. The normalized spacial score (nSPS) is 10.4. The van der Waals surface area contributed by atoms with E-state index in [-0.39, 0.29) is 6.61 Å². The molecular weight excluding hydrogens is 262 g/mol. The van der Waals surface area contributed by atoms with Crippen LogP contribution in [0, 0.1) is 11.3 Å². The third kappa shape index (κ3) is 1.34. The van der Waals surface area contributed by atoms with Gasteiger partial charge in [-0.15, -0.1) is 11.3 Å². The summed E-state index contributed by atoms with van der Waals surface area (Å²) in [6.45, 7) is -0.0227. The number of benzene rings is 1. The van der Waals surface area contributed by atoms with Crippen LogP contribution in [0.25, 0.3) is 10.1 Å². The van der Waals surface area contributed by atoms with Crippen molar-refractivity contribution in [2.24, 2.45) is 0 Å². The van der Waals surface area contributed by atoms with Crippen molar-refractivity contribution in [3.05, 3.63) is 33.1 Å². The van der Waals surface area contributed by atoms with Gasteiger partial charge in [0, 0.05) is 14.6 Å². The first-order valence-corrected chi connectivity index (χ1v) is 5.64. The maximum absolute atomic E-state index is 9.12. The molecule has 1 aromatic heterocycles. The van der Waals surface area contributed by atoms with E-state index in [2.05, 4.69) is 22.0 Å². The highest BCUT2D eigenvalue weighted by Gasteiger charge is 2.10. The first-order valence-electron chi connectivity index (χ1n) is 3.97. The average molecular weight is 268 g/mol. The minimum Gasteiger partial charge on any atom is -0.392 e. The molecule has 0 amide bonds. The molecule has 0 saturated carbocycles. The van der Waals surface area contributed by atoms with Gasteiger partial charge >= 0.3 is 0 Å². The quantitative estimate of drug-likeness (QED) is 0.863. The molecule has 0 radical (unpaired) electrons. The van der Waals surface area contributed by atoms with E-state index in [1.807, 2.05) is 17.5 Å². The molecule has 0 bridgehead atoms. The van der Waals surface area contributed by atoms with Crippen LogP contribution >= 0.6 is 27.3 Å². The lowest BCUT2D eigenvalue weighted by Crippen LogP contribution is -1.84. The van der Waals surface area contributed by atoms with E-state index in [4.69, 9.17) is 10.4 Å². The van der Waals surface area contributed by atoms with Crippen molar-refractivity contribution < 1.29 is 5.11 Å². The van der Waals surface area contributed by atoms with Crippen molar-refractivity contribution in [3.8, 4) is 6.07 Å². The van der Waals surface area contributed by atoms with Crippen LogP contribution in [0.3, 0.4) is 0 Å². The molecule has 0 aliphatic rings. The van der Waals surface area contributed by atoms with Crippen molar-refractivity contribution in [1.82, 2.24) is 0 Å². The number of nitriles is 1. The summed E-state index contributed by atoms with van der Waals surface area (Å²) in [4.78, 5) is 0. The van der Waals surface area contributed by atoms with E-state index in [9.17, 15) is 0 Å². The van der Waals surface area contributed by atoms with E-state index in [0.29, 0.717) is 5.56 Å². The number of hydrogen-bond acceptors (Lipinski definition) is 3. The summed E-state index contributed by atoms with van der Waals surface area (Å²) in [5, 5.41) is 20.9. The van der Waals surface area contributed by atoms with E-state index >= 15 is 0 Å². The maximum atomic E-state index is 9.12. The van der Waals surface area contributed by atoms with E-state index in [1.165, 1.54) is 0 Å². The molecule has 0 unspecified atom stereocenters. The predicted molar refractivity (Wildman–Crippen MR) is 60.2 cm³/mol. The molecule has 0 saturated heterocycles. The summed E-state index contributed by atoms with van der Waals surface area (Å²) in [5.74, 6) is 0. The number of halogens is 1. The van der Waals surface area contributed by atoms with E-state index in [1.54, 1.807) is 11.3 Å². The Bertz CT molecular complexity index is 527. The molecule has 70 valence electrons. The molecule has 2 rings (SSSR count). The predicted octanol–water partition coefficient (Wildman–Crippen LogP) is 3.03. The van der Waals surface area contributed by atoms with Gasteiger partial charge < -0.3 is 5.11 Å². The average Bonchev–Trinajstić information content (AvgIpc) is 2.61. The largest absolute Gasteiger partial charge is 0.392 e. The summed E-state index contributed by atoms with van der Waals surface area (Å²) in [5.41, 5.74) is 1.43. The Labute approximate surface area is 93.5 Å². The molecule has 14 heavy (non-hydrogen) atoms. The lowest BCUT2D eigenvalue weighted by atomic mass is 10.1. The van der Waals surface area contributed by atoms with Gasteiger partial charge in [0.25, 0.3) is 0 Å². The molecule has 0 atom stereocenters. The van der Waals surface area contributed by atoms with Crippen molar-refractivity contribution >= 4 is 37.4 Å². The van der Waals surface area contributed by atoms with Crippen LogP contribution < -0.4 is 0 Å². The summed E-state index contributed by atoms with van der Waals surface area (Å²) >= 11 is 4.87. The van der Waals surface area contributed by atoms with Crippen LogP contribution in [0.2, 0.25) is 0 Å². The van der Waals surface area contributed by atoms with Crippen molar-refractivity contribution in [1.29, 1.82) is 5.26 Å². The summed E-state index contributed by atoms with van der Waals surface area (Å²) in [7, 11) is 0. The van der Waals surface area contributed by atoms with Crippen molar-refractivity contribution in [2.45, 2.75) is 6.61 Å². The van der Waals surface area contributed by atoms with Crippen LogP contribution in [0.4, 0.5) is 0 Å². The highest BCUT2D eigenvalue weighted by molar-refractivity contribution is 9.10. The van der Waals surface area contributed by atoms with Gasteiger partial charge in [-0.05, 0) is 39.0 Å². The zero-order valence-corrected chi connectivity index (χ0v) is 9.52. The van der Waals surface area contributed by atoms with Gasteiger partial charge in [-0.25, -0.2) is 0 Å². The molecule has 0 spiro atoms. The first-order chi connectivity index (χ1) is 6.77. The molecule has 1 N–H and O–H groups in total. The lowest BCUT2D eigenvalue weighted by molar-refractivity contribution is 0.284. The van der Waals surface area contributed by atoms with E-state index in [0.717, 1.165) is 20.1 Å². The summed E-state index contributed by atoms with van der Waals surface area (Å²) < 4.78 is 1.81. The molecule has 1 aromatic carbocycles. The van der Waals surface area contributed by atoms with E-state index < -0.39 is 0 Å². The molecule has 0 aliphatic carbocycles. The fourth-order valence-corrected chi connectivity index (χ4v) is 2.77. The molecule has 4 heteroatoms. The highest BCUT2D eigenvalue weighted by atomic mass is 79.9. The monoisotopic (exact) mass is 267 g/mol. The number of thiophene rings is 1. The molecule has 2 aromatic rings. The zero-order valence-electron chi connectivity index (χ0n) is 7.12. The first kappa shape index (κ1) is 9.66. The Morgan fingerprint density at radius 3 is 2.93 bits per heavy atom. The standard InChI is InChI=1S/C10H6BrNOS/c11-8-1-2-9-10(7(8)3-12)6(4-13)5-14-9/h1-2,5,13H,4H2. The number of aliphatic hydroxyl groups is 1. The minimum atomic E-state index is -0.0227. The summed E-state index contributed by atoms with van der Waals surface area (Å²) in [6, 6.07) is 5.96. The van der Waals surface area contributed by atoms with Gasteiger partial charge in [0.15, 0.2) is 0 Å². The second-order valence-electron chi connectivity index (χ2n) is 2.83. The number of fused-ring (bicyclic) bond motifs is 1. The van der Waals surface area contributed by atoms with Crippen LogP contribution in [0.15, 0.2) is 22.0 Å². The van der Waals surface area contributed by atoms with Gasteiger partial charge in [0.2, 0.25) is 0 Å². The number of nitrogens with zero attached hydrogens (tertiary/aromatic N) is 1. The van der Waals surface area contributed by atoms with Gasteiger partial charge in [-0.3, -0.25) is 0 Å². The van der Waals surface area contributed by atoms with Crippen LogP contribution in [0.1, 0.15) is 11.1 Å². The van der Waals surface area contributed by atoms with Gasteiger partial charge in [-0.1, -0.05) is 0 Å². The topological polar surface area (TPSA) is 44.0 Å².